The van der Waals surface area contributed by atoms with Gasteiger partial charge in [-0.05, 0) is 19.1 Å². The first-order chi connectivity index (χ1) is 10.0. The lowest BCUT2D eigenvalue weighted by molar-refractivity contribution is 0.372. The number of hydrogen-bond donors (Lipinski definition) is 2. The second-order valence-electron chi connectivity index (χ2n) is 5.21. The number of nitrogens with one attached hydrogen (secondary N) is 1. The van der Waals surface area contributed by atoms with Crippen molar-refractivity contribution in [1.29, 1.82) is 0 Å². The van der Waals surface area contributed by atoms with Crippen LogP contribution in [-0.4, -0.2) is 22.6 Å². The molecule has 0 radical (unpaired) electrons. The number of nitrogens with two attached hydrogens (primary N) is 1. The largest absolute Gasteiger partial charge is 0.370 e. The third kappa shape index (κ3) is 5.63. The van der Waals surface area contributed by atoms with Crippen LogP contribution in [0.5, 0.6) is 0 Å². The standard InChI is InChI=1S/C15H21N5O.HI/c1-10(2)14-19-13(21-20-14)8-9-17-15(16)18-12-6-4-11(3)5-7-12;/h4-7,10H,8-9H2,1-3H3,(H3,16,17,18);1H. The normalized spacial score (nSPS) is 11.4. The van der Waals surface area contributed by atoms with Crippen LogP contribution in [0.25, 0.3) is 0 Å². The fourth-order valence-electron chi connectivity index (χ4n) is 1.70. The molecule has 0 aliphatic carbocycles. The Kier molecular flexibility index (Phi) is 7.30. The van der Waals surface area contributed by atoms with Gasteiger partial charge in [-0.25, -0.2) is 0 Å². The molecule has 3 N–H and O–H groups in total. The molecule has 2 rings (SSSR count). The van der Waals surface area contributed by atoms with Gasteiger partial charge in [-0.3, -0.25) is 4.99 Å². The van der Waals surface area contributed by atoms with E-state index in [-0.39, 0.29) is 29.9 Å². The number of anilines is 1. The van der Waals surface area contributed by atoms with E-state index >= 15 is 0 Å². The Balaban J connectivity index is 0.00000242. The van der Waals surface area contributed by atoms with Gasteiger partial charge in [0.15, 0.2) is 11.8 Å². The zero-order chi connectivity index (χ0) is 15.2. The Morgan fingerprint density at radius 1 is 1.32 bits per heavy atom. The van der Waals surface area contributed by atoms with Gasteiger partial charge in [0.2, 0.25) is 5.89 Å². The molecule has 0 saturated carbocycles. The van der Waals surface area contributed by atoms with Crippen molar-refractivity contribution in [2.24, 2.45) is 10.7 Å². The minimum Gasteiger partial charge on any atom is -0.370 e. The third-order valence-corrected chi connectivity index (χ3v) is 2.93. The number of aryl methyl sites for hydroxylation is 1. The van der Waals surface area contributed by atoms with Gasteiger partial charge in [-0.2, -0.15) is 4.98 Å². The summed E-state index contributed by atoms with van der Waals surface area (Å²) in [6.07, 6.45) is 0.579. The van der Waals surface area contributed by atoms with Crippen LogP contribution in [0.2, 0.25) is 0 Å². The molecule has 2 aromatic rings. The molecule has 120 valence electrons. The molecule has 0 bridgehead atoms. The van der Waals surface area contributed by atoms with Crippen molar-refractivity contribution in [2.75, 3.05) is 11.9 Å². The van der Waals surface area contributed by atoms with E-state index in [1.54, 1.807) is 0 Å². The van der Waals surface area contributed by atoms with Gasteiger partial charge < -0.3 is 15.6 Å². The molecule has 0 aliphatic heterocycles. The molecular weight excluding hydrogens is 393 g/mol. The highest BCUT2D eigenvalue weighted by molar-refractivity contribution is 14.0. The maximum Gasteiger partial charge on any atom is 0.228 e. The van der Waals surface area contributed by atoms with E-state index < -0.39 is 0 Å². The summed E-state index contributed by atoms with van der Waals surface area (Å²) >= 11 is 0. The molecule has 0 atom stereocenters. The number of nitrogens with zero attached hydrogens (tertiary/aromatic N) is 3. The lowest BCUT2D eigenvalue weighted by atomic mass is 10.2. The highest BCUT2D eigenvalue weighted by Gasteiger charge is 2.08. The number of guanidine groups is 1. The summed E-state index contributed by atoms with van der Waals surface area (Å²) in [5.41, 5.74) is 7.95. The second-order valence-corrected chi connectivity index (χ2v) is 5.21. The summed E-state index contributed by atoms with van der Waals surface area (Å²) in [7, 11) is 0. The quantitative estimate of drug-likeness (QED) is 0.445. The minimum atomic E-state index is 0. The predicted octanol–water partition coefficient (Wildman–Crippen LogP) is 3.09. The molecule has 0 saturated heterocycles. The monoisotopic (exact) mass is 415 g/mol. The van der Waals surface area contributed by atoms with Gasteiger partial charge in [0.05, 0.1) is 6.54 Å². The summed E-state index contributed by atoms with van der Waals surface area (Å²) in [4.78, 5) is 8.54. The van der Waals surface area contributed by atoms with Crippen LogP contribution in [0.4, 0.5) is 5.69 Å². The van der Waals surface area contributed by atoms with Crippen molar-refractivity contribution in [1.82, 2.24) is 10.1 Å². The molecule has 1 aromatic heterocycles. The van der Waals surface area contributed by atoms with Crippen LogP contribution in [-0.2, 0) is 6.42 Å². The summed E-state index contributed by atoms with van der Waals surface area (Å²) < 4.78 is 5.15. The Hall–Kier alpha value is -1.64. The Labute approximate surface area is 147 Å². The van der Waals surface area contributed by atoms with Crippen LogP contribution in [0.15, 0.2) is 33.8 Å². The highest BCUT2D eigenvalue weighted by atomic mass is 127. The average molecular weight is 415 g/mol. The maximum absolute atomic E-state index is 5.83. The molecule has 1 aromatic carbocycles. The van der Waals surface area contributed by atoms with Crippen LogP contribution in [0, 0.1) is 6.92 Å². The van der Waals surface area contributed by atoms with Crippen molar-refractivity contribution in [3.8, 4) is 0 Å². The number of aromatic nitrogens is 2. The molecule has 7 heteroatoms. The van der Waals surface area contributed by atoms with Crippen molar-refractivity contribution >= 4 is 35.6 Å². The molecule has 0 spiro atoms. The first-order valence-corrected chi connectivity index (χ1v) is 7.00. The molecule has 0 fully saturated rings. The lowest BCUT2D eigenvalue weighted by Gasteiger charge is -2.05. The smallest absolute Gasteiger partial charge is 0.228 e. The zero-order valence-electron chi connectivity index (χ0n) is 13.0. The summed E-state index contributed by atoms with van der Waals surface area (Å²) in [5, 5.41) is 6.95. The van der Waals surface area contributed by atoms with Crippen LogP contribution >= 0.6 is 24.0 Å². The van der Waals surface area contributed by atoms with E-state index in [0.717, 1.165) is 11.5 Å². The highest BCUT2D eigenvalue weighted by Crippen LogP contribution is 2.10. The number of halogens is 1. The van der Waals surface area contributed by atoms with Crippen molar-refractivity contribution in [3.63, 3.8) is 0 Å². The topological polar surface area (TPSA) is 89.3 Å². The zero-order valence-corrected chi connectivity index (χ0v) is 15.4. The average Bonchev–Trinajstić information content (AvgIpc) is 2.90. The van der Waals surface area contributed by atoms with Crippen LogP contribution in [0.3, 0.4) is 0 Å². The van der Waals surface area contributed by atoms with E-state index in [0.29, 0.717) is 24.8 Å². The van der Waals surface area contributed by atoms with Crippen LogP contribution in [0.1, 0.15) is 37.0 Å². The summed E-state index contributed by atoms with van der Waals surface area (Å²) in [6, 6.07) is 7.96. The second kappa shape index (κ2) is 8.72. The number of aliphatic imine (C=N–C) groups is 1. The van der Waals surface area contributed by atoms with Crippen LogP contribution < -0.4 is 11.1 Å². The predicted molar refractivity (Wildman–Crippen MR) is 98.8 cm³/mol. The van der Waals surface area contributed by atoms with E-state index in [2.05, 4.69) is 20.4 Å². The number of rotatable bonds is 5. The van der Waals surface area contributed by atoms with Crippen molar-refractivity contribution < 1.29 is 4.52 Å². The van der Waals surface area contributed by atoms with E-state index in [4.69, 9.17) is 10.3 Å². The lowest BCUT2D eigenvalue weighted by Crippen LogP contribution is -2.23. The fourth-order valence-corrected chi connectivity index (χ4v) is 1.70. The SMILES string of the molecule is Cc1ccc(NC(N)=NCCc2nc(C(C)C)no2)cc1.I. The van der Waals surface area contributed by atoms with Gasteiger partial charge in [-0.15, -0.1) is 24.0 Å². The molecule has 0 aliphatic rings. The first-order valence-electron chi connectivity index (χ1n) is 7.00. The Bertz CT molecular complexity index is 607. The van der Waals surface area contributed by atoms with E-state index in [9.17, 15) is 0 Å². The van der Waals surface area contributed by atoms with Gasteiger partial charge in [-0.1, -0.05) is 36.7 Å². The maximum atomic E-state index is 5.83. The molecule has 0 amide bonds. The van der Waals surface area contributed by atoms with Gasteiger partial charge >= 0.3 is 0 Å². The van der Waals surface area contributed by atoms with Gasteiger partial charge in [0.25, 0.3) is 0 Å². The molecule has 1 heterocycles. The molecule has 6 nitrogen and oxygen atoms in total. The Morgan fingerprint density at radius 2 is 2.00 bits per heavy atom. The van der Waals surface area contributed by atoms with Crippen molar-refractivity contribution in [2.45, 2.75) is 33.1 Å². The van der Waals surface area contributed by atoms with E-state index in [1.165, 1.54) is 5.56 Å². The fraction of sp³-hybridized carbons (Fsp3) is 0.400. The van der Waals surface area contributed by atoms with Gasteiger partial charge in [0.1, 0.15) is 0 Å². The van der Waals surface area contributed by atoms with Crippen molar-refractivity contribution in [3.05, 3.63) is 41.5 Å². The van der Waals surface area contributed by atoms with Gasteiger partial charge in [0, 0.05) is 18.0 Å². The number of hydrogen-bond acceptors (Lipinski definition) is 4. The summed E-state index contributed by atoms with van der Waals surface area (Å²) in [5.74, 6) is 1.95. The molecular formula is C15H22IN5O. The number of benzene rings is 1. The third-order valence-electron chi connectivity index (χ3n) is 2.93. The minimum absolute atomic E-state index is 0. The Morgan fingerprint density at radius 3 is 2.59 bits per heavy atom. The van der Waals surface area contributed by atoms with E-state index in [1.807, 2.05) is 45.0 Å². The molecule has 22 heavy (non-hydrogen) atoms. The molecule has 0 unspecified atom stereocenters. The first kappa shape index (κ1) is 18.4. The summed E-state index contributed by atoms with van der Waals surface area (Å²) in [6.45, 7) is 6.59.